The van der Waals surface area contributed by atoms with Gasteiger partial charge >= 0.3 is 0 Å². The van der Waals surface area contributed by atoms with E-state index in [0.717, 1.165) is 10.4 Å². The Balaban J connectivity index is 1.87. The number of thiophene rings is 1. The van der Waals surface area contributed by atoms with Gasteiger partial charge in [-0.2, -0.15) is 0 Å². The molecule has 0 saturated heterocycles. The highest BCUT2D eigenvalue weighted by Crippen LogP contribution is 2.26. The zero-order chi connectivity index (χ0) is 16.1. The van der Waals surface area contributed by atoms with Crippen molar-refractivity contribution < 1.29 is 4.79 Å². The average Bonchev–Trinajstić information content (AvgIpc) is 2.97. The summed E-state index contributed by atoms with van der Waals surface area (Å²) in [7, 11) is 1.88. The van der Waals surface area contributed by atoms with E-state index >= 15 is 0 Å². The summed E-state index contributed by atoms with van der Waals surface area (Å²) in [6, 6.07) is 9.55. The van der Waals surface area contributed by atoms with Crippen molar-refractivity contribution in [2.45, 2.75) is 19.5 Å². The Morgan fingerprint density at radius 2 is 2.09 bits per heavy atom. The number of hydrogen-bond acceptors (Lipinski definition) is 3. The molecular weight excluding hydrogens is 339 g/mol. The van der Waals surface area contributed by atoms with E-state index in [0.29, 0.717) is 23.1 Å². The molecule has 1 atom stereocenters. The molecule has 0 saturated carbocycles. The molecule has 2 rings (SSSR count). The summed E-state index contributed by atoms with van der Waals surface area (Å²) in [5, 5.41) is 6.08. The van der Waals surface area contributed by atoms with E-state index in [2.05, 4.69) is 5.32 Å². The van der Waals surface area contributed by atoms with Crippen LogP contribution in [-0.2, 0) is 11.3 Å². The number of nitrogens with zero attached hydrogens (tertiary/aromatic N) is 1. The van der Waals surface area contributed by atoms with Gasteiger partial charge in [-0.1, -0.05) is 41.4 Å². The van der Waals surface area contributed by atoms with Crippen molar-refractivity contribution in [1.29, 1.82) is 0 Å². The summed E-state index contributed by atoms with van der Waals surface area (Å²) in [6.45, 7) is 2.86. The largest absolute Gasteiger partial charge is 0.348 e. The zero-order valence-corrected chi connectivity index (χ0v) is 14.8. The molecule has 1 heterocycles. The van der Waals surface area contributed by atoms with Gasteiger partial charge in [0, 0.05) is 11.4 Å². The molecule has 0 fully saturated rings. The van der Waals surface area contributed by atoms with E-state index in [1.165, 1.54) is 0 Å². The van der Waals surface area contributed by atoms with Crippen LogP contribution in [0.5, 0.6) is 0 Å². The Hall–Kier alpha value is -1.07. The van der Waals surface area contributed by atoms with E-state index in [1.54, 1.807) is 17.4 Å². The lowest BCUT2D eigenvalue weighted by atomic mass is 10.2. The number of carbonyl (C=O) groups is 1. The standard InChI is InChI=1S/C16H18Cl2N2OS/c1-11(14-7-4-8-22-14)19-15(21)10-20(2)9-12-5-3-6-13(17)16(12)18/h3-8,11H,9-10H2,1-2H3,(H,19,21)/t11-/m1/s1. The van der Waals surface area contributed by atoms with E-state index in [1.807, 2.05) is 48.5 Å². The van der Waals surface area contributed by atoms with Gasteiger partial charge in [-0.15, -0.1) is 11.3 Å². The number of carbonyl (C=O) groups excluding carboxylic acids is 1. The summed E-state index contributed by atoms with van der Waals surface area (Å²) in [5.41, 5.74) is 0.913. The fourth-order valence-corrected chi connectivity index (χ4v) is 3.27. The van der Waals surface area contributed by atoms with E-state index in [9.17, 15) is 4.79 Å². The SMILES string of the molecule is C[C@@H](NC(=O)CN(C)Cc1cccc(Cl)c1Cl)c1cccs1. The highest BCUT2D eigenvalue weighted by Gasteiger charge is 2.13. The minimum Gasteiger partial charge on any atom is -0.348 e. The van der Waals surface area contributed by atoms with Crippen LogP contribution in [-0.4, -0.2) is 24.4 Å². The van der Waals surface area contributed by atoms with Gasteiger partial charge in [-0.3, -0.25) is 9.69 Å². The Morgan fingerprint density at radius 1 is 1.32 bits per heavy atom. The van der Waals surface area contributed by atoms with Gasteiger partial charge in [0.2, 0.25) is 5.91 Å². The molecule has 0 unspecified atom stereocenters. The maximum atomic E-state index is 12.1. The second kappa shape index (κ2) is 7.97. The van der Waals surface area contributed by atoms with Crippen LogP contribution in [0.2, 0.25) is 10.0 Å². The van der Waals surface area contributed by atoms with Crippen molar-refractivity contribution in [3.63, 3.8) is 0 Å². The van der Waals surface area contributed by atoms with Crippen molar-refractivity contribution in [1.82, 2.24) is 10.2 Å². The van der Waals surface area contributed by atoms with Crippen LogP contribution < -0.4 is 5.32 Å². The molecule has 0 bridgehead atoms. The molecular formula is C16H18Cl2N2OS. The third-order valence-electron chi connectivity index (χ3n) is 3.23. The first kappa shape index (κ1) is 17.3. The summed E-state index contributed by atoms with van der Waals surface area (Å²) in [6.07, 6.45) is 0. The fraction of sp³-hybridized carbons (Fsp3) is 0.312. The molecule has 0 radical (unpaired) electrons. The molecule has 1 aromatic carbocycles. The van der Waals surface area contributed by atoms with Gasteiger partial charge in [-0.25, -0.2) is 0 Å². The lowest BCUT2D eigenvalue weighted by Crippen LogP contribution is -2.36. The number of halogens is 2. The van der Waals surface area contributed by atoms with Crippen LogP contribution in [0.4, 0.5) is 0 Å². The summed E-state index contributed by atoms with van der Waals surface area (Å²) in [5.74, 6) is -0.0125. The van der Waals surface area contributed by atoms with Crippen molar-refractivity contribution in [2.24, 2.45) is 0 Å². The van der Waals surface area contributed by atoms with Crippen molar-refractivity contribution in [2.75, 3.05) is 13.6 Å². The molecule has 0 spiro atoms. The van der Waals surface area contributed by atoms with Crippen molar-refractivity contribution in [3.05, 3.63) is 56.2 Å². The van der Waals surface area contributed by atoms with Crippen LogP contribution in [0.3, 0.4) is 0 Å². The topological polar surface area (TPSA) is 32.3 Å². The normalized spacial score (nSPS) is 12.4. The van der Waals surface area contributed by atoms with E-state index < -0.39 is 0 Å². The molecule has 0 aliphatic heterocycles. The number of rotatable bonds is 6. The van der Waals surface area contributed by atoms with Gasteiger partial charge in [0.05, 0.1) is 22.6 Å². The van der Waals surface area contributed by atoms with Crippen LogP contribution in [0.15, 0.2) is 35.7 Å². The smallest absolute Gasteiger partial charge is 0.234 e. The number of benzene rings is 1. The van der Waals surface area contributed by atoms with Crippen LogP contribution in [0, 0.1) is 0 Å². The van der Waals surface area contributed by atoms with E-state index in [-0.39, 0.29) is 11.9 Å². The zero-order valence-electron chi connectivity index (χ0n) is 12.5. The molecule has 0 aliphatic carbocycles. The van der Waals surface area contributed by atoms with Gasteiger partial charge < -0.3 is 5.32 Å². The second-order valence-electron chi connectivity index (χ2n) is 5.19. The van der Waals surface area contributed by atoms with Crippen LogP contribution >= 0.6 is 34.5 Å². The summed E-state index contributed by atoms with van der Waals surface area (Å²) < 4.78 is 0. The minimum absolute atomic E-state index is 0.0125. The number of hydrogen-bond donors (Lipinski definition) is 1. The van der Waals surface area contributed by atoms with Gasteiger partial charge in [0.15, 0.2) is 0 Å². The Kier molecular flexibility index (Phi) is 6.26. The lowest BCUT2D eigenvalue weighted by Gasteiger charge is -2.19. The minimum atomic E-state index is -0.0125. The molecule has 1 amide bonds. The second-order valence-corrected chi connectivity index (χ2v) is 6.95. The first-order chi connectivity index (χ1) is 10.5. The quantitative estimate of drug-likeness (QED) is 0.833. The molecule has 3 nitrogen and oxygen atoms in total. The molecule has 2 aromatic rings. The van der Waals surface area contributed by atoms with Gasteiger partial charge in [-0.05, 0) is 37.0 Å². The van der Waals surface area contributed by atoms with Crippen LogP contribution in [0.1, 0.15) is 23.4 Å². The number of likely N-dealkylation sites (N-methyl/N-ethyl adjacent to an activating group) is 1. The van der Waals surface area contributed by atoms with Crippen molar-refractivity contribution in [3.8, 4) is 0 Å². The Bertz CT molecular complexity index is 631. The molecule has 118 valence electrons. The number of nitrogens with one attached hydrogen (secondary N) is 1. The molecule has 1 aromatic heterocycles. The van der Waals surface area contributed by atoms with Crippen LogP contribution in [0.25, 0.3) is 0 Å². The van der Waals surface area contributed by atoms with Gasteiger partial charge in [0.25, 0.3) is 0 Å². The lowest BCUT2D eigenvalue weighted by molar-refractivity contribution is -0.122. The predicted molar refractivity (Wildman–Crippen MR) is 93.7 cm³/mol. The maximum Gasteiger partial charge on any atom is 0.234 e. The highest BCUT2D eigenvalue weighted by molar-refractivity contribution is 7.10. The van der Waals surface area contributed by atoms with Crippen molar-refractivity contribution >= 4 is 40.4 Å². The third-order valence-corrected chi connectivity index (χ3v) is 5.15. The maximum absolute atomic E-state index is 12.1. The Labute approximate surface area is 144 Å². The molecule has 6 heteroatoms. The van der Waals surface area contributed by atoms with E-state index in [4.69, 9.17) is 23.2 Å². The first-order valence-electron chi connectivity index (χ1n) is 6.91. The third kappa shape index (κ3) is 4.71. The summed E-state index contributed by atoms with van der Waals surface area (Å²) in [4.78, 5) is 15.2. The fourth-order valence-electron chi connectivity index (χ4n) is 2.16. The molecule has 22 heavy (non-hydrogen) atoms. The number of amides is 1. The average molecular weight is 357 g/mol. The predicted octanol–water partition coefficient (Wildman–Crippen LogP) is 4.36. The monoisotopic (exact) mass is 356 g/mol. The van der Waals surface area contributed by atoms with Gasteiger partial charge in [0.1, 0.15) is 0 Å². The first-order valence-corrected chi connectivity index (χ1v) is 8.55. The summed E-state index contributed by atoms with van der Waals surface area (Å²) >= 11 is 13.8. The molecule has 0 aliphatic rings. The Morgan fingerprint density at radius 3 is 2.77 bits per heavy atom. The highest BCUT2D eigenvalue weighted by atomic mass is 35.5. The molecule has 1 N–H and O–H groups in total.